The number of halogens is 3. The van der Waals surface area contributed by atoms with Crippen molar-refractivity contribution >= 4 is 10.9 Å². The van der Waals surface area contributed by atoms with E-state index in [1.165, 1.54) is 29.0 Å². The first-order chi connectivity index (χ1) is 7.95. The summed E-state index contributed by atoms with van der Waals surface area (Å²) in [5.74, 6) is 0. The molecule has 2 aromatic rings. The molecule has 1 heterocycles. The van der Waals surface area contributed by atoms with Crippen LogP contribution in [0.15, 0.2) is 35.3 Å². The van der Waals surface area contributed by atoms with E-state index in [0.29, 0.717) is 6.54 Å². The summed E-state index contributed by atoms with van der Waals surface area (Å²) in [5, 5.41) is 0.101. The highest BCUT2D eigenvalue weighted by atomic mass is 19.4. The van der Waals surface area contributed by atoms with Gasteiger partial charge in [0.1, 0.15) is 0 Å². The fourth-order valence-corrected chi connectivity index (χ4v) is 1.87. The Bertz CT molecular complexity index is 613. The van der Waals surface area contributed by atoms with Crippen molar-refractivity contribution in [3.05, 3.63) is 46.2 Å². The summed E-state index contributed by atoms with van der Waals surface area (Å²) in [6.07, 6.45) is -3.07. The van der Waals surface area contributed by atoms with Crippen LogP contribution in [0.3, 0.4) is 0 Å². The molecule has 0 unspecified atom stereocenters. The molecular formula is C12H10F3NO. The molecule has 0 N–H and O–H groups in total. The third-order valence-corrected chi connectivity index (χ3v) is 2.64. The molecule has 0 aliphatic heterocycles. The van der Waals surface area contributed by atoms with Gasteiger partial charge in [0, 0.05) is 24.2 Å². The smallest absolute Gasteiger partial charge is 0.347 e. The minimum Gasteiger partial charge on any atom is -0.347 e. The molecule has 0 saturated carbocycles. The maximum absolute atomic E-state index is 12.9. The topological polar surface area (TPSA) is 22.0 Å². The summed E-state index contributed by atoms with van der Waals surface area (Å²) in [4.78, 5) is 11.5. The molecule has 5 heteroatoms. The molecule has 0 atom stereocenters. The van der Waals surface area contributed by atoms with Crippen LogP contribution in [0.5, 0.6) is 0 Å². The lowest BCUT2D eigenvalue weighted by atomic mass is 10.1. The van der Waals surface area contributed by atoms with Crippen LogP contribution in [0.25, 0.3) is 10.9 Å². The zero-order chi connectivity index (χ0) is 12.6. The Morgan fingerprint density at radius 3 is 2.53 bits per heavy atom. The summed E-state index contributed by atoms with van der Waals surface area (Å²) in [5.41, 5.74) is -1.21. The largest absolute Gasteiger partial charge is 0.418 e. The molecule has 1 aromatic heterocycles. The van der Waals surface area contributed by atoms with E-state index in [4.69, 9.17) is 0 Å². The van der Waals surface area contributed by atoms with Crippen LogP contribution < -0.4 is 5.43 Å². The number of nitrogens with zero attached hydrogens (tertiary/aromatic N) is 1. The second kappa shape index (κ2) is 3.91. The Hall–Kier alpha value is -1.78. The Morgan fingerprint density at radius 2 is 1.94 bits per heavy atom. The first kappa shape index (κ1) is 11.7. The van der Waals surface area contributed by atoms with Crippen molar-refractivity contribution in [2.75, 3.05) is 0 Å². The van der Waals surface area contributed by atoms with Gasteiger partial charge in [-0.2, -0.15) is 13.2 Å². The maximum Gasteiger partial charge on any atom is 0.418 e. The maximum atomic E-state index is 12.9. The predicted molar refractivity (Wildman–Crippen MR) is 58.9 cm³/mol. The predicted octanol–water partition coefficient (Wildman–Crippen LogP) is 3.04. The molecule has 2 rings (SSSR count). The molecule has 0 radical (unpaired) electrons. The molecule has 0 amide bonds. The summed E-state index contributed by atoms with van der Waals surface area (Å²) in [6, 6.07) is 4.95. The van der Waals surface area contributed by atoms with Crippen LogP contribution in [-0.2, 0) is 12.7 Å². The van der Waals surface area contributed by atoms with Crippen LogP contribution >= 0.6 is 0 Å². The number of pyridine rings is 1. The van der Waals surface area contributed by atoms with E-state index >= 15 is 0 Å². The normalized spacial score (nSPS) is 12.0. The minimum absolute atomic E-state index is 0.0463. The van der Waals surface area contributed by atoms with Crippen molar-refractivity contribution in [2.24, 2.45) is 0 Å². The Balaban J connectivity index is 2.96. The van der Waals surface area contributed by atoms with Gasteiger partial charge in [-0.3, -0.25) is 4.79 Å². The van der Waals surface area contributed by atoms with Gasteiger partial charge in [-0.05, 0) is 19.1 Å². The lowest BCUT2D eigenvalue weighted by Gasteiger charge is -2.14. The number of alkyl halides is 3. The SMILES string of the molecule is CCn1ccc(=O)c2cccc(C(F)(F)F)c21. The van der Waals surface area contributed by atoms with Crippen LogP contribution in [0.1, 0.15) is 12.5 Å². The van der Waals surface area contributed by atoms with Crippen LogP contribution in [0.4, 0.5) is 13.2 Å². The lowest BCUT2D eigenvalue weighted by Crippen LogP contribution is -2.14. The molecule has 0 saturated heterocycles. The Morgan fingerprint density at radius 1 is 1.24 bits per heavy atom. The van der Waals surface area contributed by atoms with Crippen LogP contribution in [-0.4, -0.2) is 4.57 Å². The Labute approximate surface area is 95.3 Å². The second-order valence-electron chi connectivity index (χ2n) is 3.67. The second-order valence-corrected chi connectivity index (χ2v) is 3.67. The van der Waals surface area contributed by atoms with Crippen molar-refractivity contribution < 1.29 is 13.2 Å². The van der Waals surface area contributed by atoms with E-state index in [1.807, 2.05) is 0 Å². The molecule has 1 aromatic carbocycles. The van der Waals surface area contributed by atoms with E-state index in [-0.39, 0.29) is 10.9 Å². The first-order valence-electron chi connectivity index (χ1n) is 5.14. The molecule has 90 valence electrons. The van der Waals surface area contributed by atoms with E-state index < -0.39 is 17.2 Å². The molecule has 0 bridgehead atoms. The molecule has 0 aliphatic rings. The van der Waals surface area contributed by atoms with Crippen molar-refractivity contribution in [3.8, 4) is 0 Å². The fourth-order valence-electron chi connectivity index (χ4n) is 1.87. The van der Waals surface area contributed by atoms with Gasteiger partial charge < -0.3 is 4.57 Å². The number of hydrogen-bond acceptors (Lipinski definition) is 1. The van der Waals surface area contributed by atoms with Crippen molar-refractivity contribution in [1.82, 2.24) is 4.57 Å². The summed E-state index contributed by atoms with van der Waals surface area (Å²) >= 11 is 0. The third-order valence-electron chi connectivity index (χ3n) is 2.64. The highest BCUT2D eigenvalue weighted by Gasteiger charge is 2.33. The van der Waals surface area contributed by atoms with E-state index in [0.717, 1.165) is 6.07 Å². The molecule has 0 spiro atoms. The van der Waals surface area contributed by atoms with Gasteiger partial charge in [0.2, 0.25) is 0 Å². The average molecular weight is 241 g/mol. The van der Waals surface area contributed by atoms with Crippen LogP contribution in [0, 0.1) is 0 Å². The molecular weight excluding hydrogens is 231 g/mol. The number of benzene rings is 1. The van der Waals surface area contributed by atoms with Gasteiger partial charge in [-0.15, -0.1) is 0 Å². The first-order valence-corrected chi connectivity index (χ1v) is 5.14. The molecule has 17 heavy (non-hydrogen) atoms. The summed E-state index contributed by atoms with van der Waals surface area (Å²) < 4.78 is 40.0. The Kier molecular flexibility index (Phi) is 2.69. The number of fused-ring (bicyclic) bond motifs is 1. The van der Waals surface area contributed by atoms with Gasteiger partial charge in [0.25, 0.3) is 0 Å². The summed E-state index contributed by atoms with van der Waals surface area (Å²) in [6.45, 7) is 2.11. The number of hydrogen-bond donors (Lipinski definition) is 0. The monoisotopic (exact) mass is 241 g/mol. The van der Waals surface area contributed by atoms with Gasteiger partial charge >= 0.3 is 6.18 Å². The van der Waals surface area contributed by atoms with Gasteiger partial charge in [-0.25, -0.2) is 0 Å². The number of aromatic nitrogens is 1. The highest BCUT2D eigenvalue weighted by Crippen LogP contribution is 2.33. The van der Waals surface area contributed by atoms with Gasteiger partial charge in [-0.1, -0.05) is 6.07 Å². The molecule has 0 aliphatic carbocycles. The van der Waals surface area contributed by atoms with E-state index in [1.54, 1.807) is 6.92 Å². The standard InChI is InChI=1S/C12H10F3NO/c1-2-16-7-6-10(17)8-4-3-5-9(11(8)16)12(13,14)15/h3-7H,2H2,1H3. The van der Waals surface area contributed by atoms with Crippen molar-refractivity contribution in [3.63, 3.8) is 0 Å². The number of aryl methyl sites for hydroxylation is 1. The lowest BCUT2D eigenvalue weighted by molar-refractivity contribution is -0.136. The van der Waals surface area contributed by atoms with E-state index in [9.17, 15) is 18.0 Å². The van der Waals surface area contributed by atoms with Gasteiger partial charge in [0.05, 0.1) is 11.1 Å². The zero-order valence-electron chi connectivity index (χ0n) is 9.08. The third kappa shape index (κ3) is 1.92. The van der Waals surface area contributed by atoms with Crippen molar-refractivity contribution in [2.45, 2.75) is 19.6 Å². The van der Waals surface area contributed by atoms with Crippen LogP contribution in [0.2, 0.25) is 0 Å². The fraction of sp³-hybridized carbons (Fsp3) is 0.250. The highest BCUT2D eigenvalue weighted by molar-refractivity contribution is 5.82. The van der Waals surface area contributed by atoms with E-state index in [2.05, 4.69) is 0 Å². The quantitative estimate of drug-likeness (QED) is 0.752. The van der Waals surface area contributed by atoms with Gasteiger partial charge in [0.15, 0.2) is 5.43 Å². The number of para-hydroxylation sites is 1. The minimum atomic E-state index is -4.45. The van der Waals surface area contributed by atoms with Crippen molar-refractivity contribution in [1.29, 1.82) is 0 Å². The molecule has 2 nitrogen and oxygen atoms in total. The average Bonchev–Trinajstić information content (AvgIpc) is 2.28. The molecule has 0 fully saturated rings. The summed E-state index contributed by atoms with van der Waals surface area (Å²) in [7, 11) is 0. The zero-order valence-corrected chi connectivity index (χ0v) is 9.08. The number of rotatable bonds is 1.